The van der Waals surface area contributed by atoms with Gasteiger partial charge in [0.05, 0.1) is 12.1 Å². The summed E-state index contributed by atoms with van der Waals surface area (Å²) in [5, 5.41) is 11.9. The van der Waals surface area contributed by atoms with Gasteiger partial charge in [0.1, 0.15) is 0 Å². The number of nitrogens with one attached hydrogen (secondary N) is 1. The molecule has 0 saturated carbocycles. The SMILES string of the molecule is COCC(C)(CCO)NC(=O)/C=C/c1cncc(C)c1. The highest BCUT2D eigenvalue weighted by molar-refractivity contribution is 5.92. The molecule has 1 aromatic rings. The molecule has 1 unspecified atom stereocenters. The van der Waals surface area contributed by atoms with E-state index in [9.17, 15) is 4.79 Å². The predicted molar refractivity (Wildman–Crippen MR) is 78.1 cm³/mol. The monoisotopic (exact) mass is 278 g/mol. The fraction of sp³-hybridized carbons (Fsp3) is 0.467. The number of aromatic nitrogens is 1. The lowest BCUT2D eigenvalue weighted by molar-refractivity contribution is -0.119. The second-order valence-corrected chi connectivity index (χ2v) is 5.09. The molecule has 0 aliphatic rings. The molecular formula is C15H22N2O3. The van der Waals surface area contributed by atoms with Crippen LogP contribution in [0.25, 0.3) is 6.08 Å². The van der Waals surface area contributed by atoms with Gasteiger partial charge in [0, 0.05) is 32.2 Å². The number of hydrogen-bond acceptors (Lipinski definition) is 4. The lowest BCUT2D eigenvalue weighted by atomic mass is 9.99. The van der Waals surface area contributed by atoms with Crippen molar-refractivity contribution in [1.29, 1.82) is 0 Å². The van der Waals surface area contributed by atoms with Crippen LogP contribution in [0.15, 0.2) is 24.5 Å². The first-order chi connectivity index (χ1) is 9.49. The van der Waals surface area contributed by atoms with Crippen molar-refractivity contribution in [2.24, 2.45) is 0 Å². The van der Waals surface area contributed by atoms with E-state index in [1.54, 1.807) is 25.6 Å². The van der Waals surface area contributed by atoms with Gasteiger partial charge in [0.25, 0.3) is 0 Å². The maximum atomic E-state index is 11.9. The van der Waals surface area contributed by atoms with Crippen LogP contribution in [-0.4, -0.2) is 41.9 Å². The highest BCUT2D eigenvalue weighted by Gasteiger charge is 2.24. The van der Waals surface area contributed by atoms with E-state index in [0.717, 1.165) is 11.1 Å². The smallest absolute Gasteiger partial charge is 0.244 e. The predicted octanol–water partition coefficient (Wildman–Crippen LogP) is 1.31. The Bertz CT molecular complexity index is 466. The van der Waals surface area contributed by atoms with Gasteiger partial charge in [-0.3, -0.25) is 9.78 Å². The number of nitrogens with zero attached hydrogens (tertiary/aromatic N) is 1. The summed E-state index contributed by atoms with van der Waals surface area (Å²) in [7, 11) is 1.57. The maximum Gasteiger partial charge on any atom is 0.244 e. The van der Waals surface area contributed by atoms with Crippen molar-refractivity contribution in [2.75, 3.05) is 20.3 Å². The summed E-state index contributed by atoms with van der Waals surface area (Å²) in [5.74, 6) is -0.223. The molecule has 1 atom stereocenters. The topological polar surface area (TPSA) is 71.5 Å². The van der Waals surface area contributed by atoms with Crippen LogP contribution in [0.1, 0.15) is 24.5 Å². The third-order valence-electron chi connectivity index (χ3n) is 2.87. The summed E-state index contributed by atoms with van der Waals surface area (Å²) in [5.41, 5.74) is 1.34. The van der Waals surface area contributed by atoms with Crippen molar-refractivity contribution in [1.82, 2.24) is 10.3 Å². The highest BCUT2D eigenvalue weighted by Crippen LogP contribution is 2.10. The Hall–Kier alpha value is -1.72. The molecule has 110 valence electrons. The third kappa shape index (κ3) is 5.50. The van der Waals surface area contributed by atoms with Crippen molar-refractivity contribution in [3.8, 4) is 0 Å². The molecule has 5 nitrogen and oxygen atoms in total. The average Bonchev–Trinajstić information content (AvgIpc) is 2.37. The Morgan fingerprint density at radius 3 is 2.90 bits per heavy atom. The van der Waals surface area contributed by atoms with Crippen LogP contribution < -0.4 is 5.32 Å². The lowest BCUT2D eigenvalue weighted by Gasteiger charge is -2.28. The van der Waals surface area contributed by atoms with Crippen molar-refractivity contribution in [3.63, 3.8) is 0 Å². The van der Waals surface area contributed by atoms with Gasteiger partial charge < -0.3 is 15.2 Å². The van der Waals surface area contributed by atoms with Gasteiger partial charge in [-0.25, -0.2) is 0 Å². The molecule has 20 heavy (non-hydrogen) atoms. The maximum absolute atomic E-state index is 11.9. The number of hydrogen-bond donors (Lipinski definition) is 2. The molecule has 2 N–H and O–H groups in total. The summed E-state index contributed by atoms with van der Waals surface area (Å²) < 4.78 is 5.08. The normalized spacial score (nSPS) is 14.2. The van der Waals surface area contributed by atoms with Gasteiger partial charge in [-0.1, -0.05) is 0 Å². The number of pyridine rings is 1. The Balaban J connectivity index is 2.66. The van der Waals surface area contributed by atoms with Crippen molar-refractivity contribution in [2.45, 2.75) is 25.8 Å². The minimum atomic E-state index is -0.574. The first-order valence-electron chi connectivity index (χ1n) is 6.51. The molecule has 1 amide bonds. The molecule has 0 aliphatic heterocycles. The highest BCUT2D eigenvalue weighted by atomic mass is 16.5. The van der Waals surface area contributed by atoms with Crippen LogP contribution in [0.2, 0.25) is 0 Å². The summed E-state index contributed by atoms with van der Waals surface area (Å²) in [6.07, 6.45) is 7.06. The minimum Gasteiger partial charge on any atom is -0.396 e. The quantitative estimate of drug-likeness (QED) is 0.738. The third-order valence-corrected chi connectivity index (χ3v) is 2.87. The number of rotatable bonds is 7. The first-order valence-corrected chi connectivity index (χ1v) is 6.51. The first kappa shape index (κ1) is 16.3. The summed E-state index contributed by atoms with van der Waals surface area (Å²) >= 11 is 0. The number of ether oxygens (including phenoxy) is 1. The number of aryl methyl sites for hydroxylation is 1. The molecule has 0 fully saturated rings. The number of methoxy groups -OCH3 is 1. The molecule has 0 aromatic carbocycles. The van der Waals surface area contributed by atoms with Gasteiger partial charge >= 0.3 is 0 Å². The zero-order valence-electron chi connectivity index (χ0n) is 12.2. The van der Waals surface area contributed by atoms with E-state index in [2.05, 4.69) is 10.3 Å². The molecule has 5 heteroatoms. The molecular weight excluding hydrogens is 256 g/mol. The zero-order valence-corrected chi connectivity index (χ0v) is 12.2. The van der Waals surface area contributed by atoms with Gasteiger partial charge in [-0.2, -0.15) is 0 Å². The largest absolute Gasteiger partial charge is 0.396 e. The van der Waals surface area contributed by atoms with Crippen LogP contribution in [0.5, 0.6) is 0 Å². The number of carbonyl (C=O) groups excluding carboxylic acids is 1. The molecule has 0 aliphatic carbocycles. The van der Waals surface area contributed by atoms with Gasteiger partial charge in [-0.05, 0) is 43.5 Å². The van der Waals surface area contributed by atoms with Crippen LogP contribution in [0.4, 0.5) is 0 Å². The van der Waals surface area contributed by atoms with Crippen LogP contribution in [0, 0.1) is 6.92 Å². The summed E-state index contributed by atoms with van der Waals surface area (Å²) in [6.45, 7) is 4.12. The lowest BCUT2D eigenvalue weighted by Crippen LogP contribution is -2.49. The number of aliphatic hydroxyl groups is 1. The van der Waals surface area contributed by atoms with E-state index in [0.29, 0.717) is 13.0 Å². The molecule has 1 aromatic heterocycles. The second kappa shape index (κ2) is 7.77. The Morgan fingerprint density at radius 1 is 1.55 bits per heavy atom. The Labute approximate surface area is 119 Å². The van der Waals surface area contributed by atoms with E-state index < -0.39 is 5.54 Å². The zero-order chi connectivity index (χ0) is 15.0. The second-order valence-electron chi connectivity index (χ2n) is 5.09. The van der Waals surface area contributed by atoms with E-state index in [4.69, 9.17) is 9.84 Å². The summed E-state index contributed by atoms with van der Waals surface area (Å²) in [4.78, 5) is 16.0. The average molecular weight is 278 g/mol. The molecule has 0 saturated heterocycles. The van der Waals surface area contributed by atoms with Crippen LogP contribution in [0.3, 0.4) is 0 Å². The van der Waals surface area contributed by atoms with Crippen molar-refractivity contribution in [3.05, 3.63) is 35.7 Å². The van der Waals surface area contributed by atoms with Gasteiger partial charge in [-0.15, -0.1) is 0 Å². The standard InChI is InChI=1S/C15H22N2O3/c1-12-8-13(10-16-9-12)4-5-14(19)17-15(2,6-7-18)11-20-3/h4-5,8-10,18H,6-7,11H2,1-3H3,(H,17,19)/b5-4+. The molecule has 1 heterocycles. The van der Waals surface area contributed by atoms with Crippen molar-refractivity contribution >= 4 is 12.0 Å². The van der Waals surface area contributed by atoms with Crippen LogP contribution >= 0.6 is 0 Å². The minimum absolute atomic E-state index is 0.00828. The Morgan fingerprint density at radius 2 is 2.30 bits per heavy atom. The molecule has 0 radical (unpaired) electrons. The van der Waals surface area contributed by atoms with E-state index in [1.165, 1.54) is 6.08 Å². The Kier molecular flexibility index (Phi) is 6.35. The number of amides is 1. The molecule has 1 rings (SSSR count). The van der Waals surface area contributed by atoms with Gasteiger partial charge in [0.2, 0.25) is 5.91 Å². The number of carbonyl (C=O) groups is 1. The molecule has 0 spiro atoms. The van der Waals surface area contributed by atoms with Crippen molar-refractivity contribution < 1.29 is 14.6 Å². The number of aliphatic hydroxyl groups excluding tert-OH is 1. The fourth-order valence-electron chi connectivity index (χ4n) is 1.92. The van der Waals surface area contributed by atoms with E-state index in [1.807, 2.05) is 19.9 Å². The van der Waals surface area contributed by atoms with E-state index >= 15 is 0 Å². The summed E-state index contributed by atoms with van der Waals surface area (Å²) in [6, 6.07) is 1.94. The van der Waals surface area contributed by atoms with E-state index in [-0.39, 0.29) is 12.5 Å². The molecule has 0 bridgehead atoms. The van der Waals surface area contributed by atoms with Crippen LogP contribution in [-0.2, 0) is 9.53 Å². The fourth-order valence-corrected chi connectivity index (χ4v) is 1.92. The van der Waals surface area contributed by atoms with Gasteiger partial charge in [0.15, 0.2) is 0 Å².